The zero-order valence-electron chi connectivity index (χ0n) is 19.5. The third-order valence-electron chi connectivity index (χ3n) is 5.75. The average molecular weight is 454 g/mol. The van der Waals surface area contributed by atoms with Crippen LogP contribution in [0.1, 0.15) is 23.4 Å². The Bertz CT molecular complexity index is 1230. The van der Waals surface area contributed by atoms with Gasteiger partial charge in [-0.05, 0) is 42.2 Å². The SMILES string of the molecule is C=CCc1ccccc1OCCn1c(CCCNC(=O)Cc2ccccc2)nc2ccccc21. The first-order valence-electron chi connectivity index (χ1n) is 11.8. The second-order valence-corrected chi connectivity index (χ2v) is 8.23. The van der Waals surface area contributed by atoms with E-state index in [1.165, 1.54) is 0 Å². The van der Waals surface area contributed by atoms with Crippen LogP contribution >= 0.6 is 0 Å². The molecule has 3 aromatic carbocycles. The topological polar surface area (TPSA) is 56.1 Å². The molecule has 174 valence electrons. The smallest absolute Gasteiger partial charge is 0.224 e. The Morgan fingerprint density at radius 2 is 1.76 bits per heavy atom. The van der Waals surface area contributed by atoms with Crippen LogP contribution in [0.4, 0.5) is 0 Å². The highest BCUT2D eigenvalue weighted by Gasteiger charge is 2.11. The lowest BCUT2D eigenvalue weighted by Gasteiger charge is -2.13. The van der Waals surface area contributed by atoms with Gasteiger partial charge in [0.15, 0.2) is 0 Å². The molecule has 0 unspecified atom stereocenters. The number of aryl methyl sites for hydroxylation is 1. The number of hydrogen-bond donors (Lipinski definition) is 1. The number of para-hydroxylation sites is 3. The van der Waals surface area contributed by atoms with Crippen molar-refractivity contribution in [1.29, 1.82) is 0 Å². The van der Waals surface area contributed by atoms with Crippen LogP contribution in [0, 0.1) is 0 Å². The maximum absolute atomic E-state index is 12.2. The molecule has 0 saturated heterocycles. The van der Waals surface area contributed by atoms with Crippen molar-refractivity contribution in [3.63, 3.8) is 0 Å². The Labute approximate surface area is 201 Å². The minimum Gasteiger partial charge on any atom is -0.491 e. The predicted molar refractivity (Wildman–Crippen MR) is 137 cm³/mol. The summed E-state index contributed by atoms with van der Waals surface area (Å²) in [4.78, 5) is 17.1. The van der Waals surface area contributed by atoms with Gasteiger partial charge in [-0.15, -0.1) is 6.58 Å². The fourth-order valence-corrected chi connectivity index (χ4v) is 4.10. The number of carbonyl (C=O) groups excluding carboxylic acids is 1. The lowest BCUT2D eigenvalue weighted by atomic mass is 10.1. The number of hydrogen-bond acceptors (Lipinski definition) is 3. The van der Waals surface area contributed by atoms with Gasteiger partial charge in [0.2, 0.25) is 5.91 Å². The molecule has 0 aliphatic heterocycles. The standard InChI is InChI=1S/C29H31N3O2/c1-2-11-24-14-6-9-17-27(24)34-21-20-32-26-16-8-7-15-25(26)31-28(32)18-10-19-30-29(33)22-23-12-4-3-5-13-23/h2-9,12-17H,1,10-11,18-22H2,(H,30,33). The van der Waals surface area contributed by atoms with Crippen LogP contribution in [-0.4, -0.2) is 28.6 Å². The molecule has 1 aromatic heterocycles. The minimum atomic E-state index is 0.0475. The number of ether oxygens (including phenoxy) is 1. The van der Waals surface area contributed by atoms with Crippen LogP contribution in [0.2, 0.25) is 0 Å². The largest absolute Gasteiger partial charge is 0.491 e. The van der Waals surface area contributed by atoms with Crippen LogP contribution in [0.5, 0.6) is 5.75 Å². The highest BCUT2D eigenvalue weighted by molar-refractivity contribution is 5.78. The van der Waals surface area contributed by atoms with E-state index in [4.69, 9.17) is 9.72 Å². The second-order valence-electron chi connectivity index (χ2n) is 8.23. The Balaban J connectivity index is 1.34. The quantitative estimate of drug-likeness (QED) is 0.239. The number of nitrogens with one attached hydrogen (secondary N) is 1. The van der Waals surface area contributed by atoms with Crippen molar-refractivity contribution in [2.24, 2.45) is 0 Å². The molecule has 0 bridgehead atoms. The van der Waals surface area contributed by atoms with Gasteiger partial charge in [-0.2, -0.15) is 0 Å². The third kappa shape index (κ3) is 6.13. The summed E-state index contributed by atoms with van der Waals surface area (Å²) in [5.41, 5.74) is 4.25. The fraction of sp³-hybridized carbons (Fsp3) is 0.241. The van der Waals surface area contributed by atoms with Gasteiger partial charge in [0.05, 0.1) is 24.0 Å². The Hall–Kier alpha value is -3.86. The van der Waals surface area contributed by atoms with E-state index in [1.807, 2.05) is 72.8 Å². The van der Waals surface area contributed by atoms with Crippen molar-refractivity contribution in [2.75, 3.05) is 13.2 Å². The van der Waals surface area contributed by atoms with Crippen LogP contribution < -0.4 is 10.1 Å². The Kier molecular flexibility index (Phi) is 8.12. The Morgan fingerprint density at radius 3 is 2.62 bits per heavy atom. The molecule has 0 spiro atoms. The van der Waals surface area contributed by atoms with E-state index in [0.29, 0.717) is 26.1 Å². The van der Waals surface area contributed by atoms with Crippen LogP contribution in [0.15, 0.2) is 91.5 Å². The summed E-state index contributed by atoms with van der Waals surface area (Å²) in [5, 5.41) is 3.03. The summed E-state index contributed by atoms with van der Waals surface area (Å²) >= 11 is 0. The summed E-state index contributed by atoms with van der Waals surface area (Å²) in [5.74, 6) is 1.96. The number of benzene rings is 3. The van der Waals surface area contributed by atoms with Crippen molar-refractivity contribution < 1.29 is 9.53 Å². The molecule has 0 aliphatic carbocycles. The zero-order chi connectivity index (χ0) is 23.6. The van der Waals surface area contributed by atoms with Crippen molar-refractivity contribution >= 4 is 16.9 Å². The monoisotopic (exact) mass is 453 g/mol. The number of fused-ring (bicyclic) bond motifs is 1. The summed E-state index contributed by atoms with van der Waals surface area (Å²) in [6, 6.07) is 26.1. The number of nitrogens with zero attached hydrogens (tertiary/aromatic N) is 2. The molecule has 1 heterocycles. The lowest BCUT2D eigenvalue weighted by molar-refractivity contribution is -0.120. The molecule has 0 fully saturated rings. The molecule has 4 rings (SSSR count). The number of imidazole rings is 1. The first-order valence-corrected chi connectivity index (χ1v) is 11.8. The van der Waals surface area contributed by atoms with Gasteiger partial charge in [0.1, 0.15) is 18.2 Å². The van der Waals surface area contributed by atoms with Gasteiger partial charge >= 0.3 is 0 Å². The molecule has 5 nitrogen and oxygen atoms in total. The molecular weight excluding hydrogens is 422 g/mol. The van der Waals surface area contributed by atoms with E-state index in [9.17, 15) is 4.79 Å². The molecule has 34 heavy (non-hydrogen) atoms. The number of aromatic nitrogens is 2. The van der Waals surface area contributed by atoms with Gasteiger partial charge in [-0.1, -0.05) is 66.7 Å². The molecule has 5 heteroatoms. The number of allylic oxidation sites excluding steroid dienone is 1. The van der Waals surface area contributed by atoms with E-state index in [0.717, 1.165) is 53.0 Å². The van der Waals surface area contributed by atoms with Crippen molar-refractivity contribution in [1.82, 2.24) is 14.9 Å². The molecule has 1 amide bonds. The summed E-state index contributed by atoms with van der Waals surface area (Å²) < 4.78 is 8.36. The first kappa shape index (κ1) is 23.3. The summed E-state index contributed by atoms with van der Waals surface area (Å²) in [6.45, 7) is 5.72. The molecule has 0 radical (unpaired) electrons. The summed E-state index contributed by atoms with van der Waals surface area (Å²) in [6.07, 6.45) is 4.69. The Morgan fingerprint density at radius 1 is 1.00 bits per heavy atom. The zero-order valence-corrected chi connectivity index (χ0v) is 19.5. The maximum atomic E-state index is 12.2. The maximum Gasteiger partial charge on any atom is 0.224 e. The van der Waals surface area contributed by atoms with Crippen LogP contribution in [0.25, 0.3) is 11.0 Å². The molecule has 0 atom stereocenters. The molecule has 1 N–H and O–H groups in total. The van der Waals surface area contributed by atoms with Crippen molar-refractivity contribution in [2.45, 2.75) is 32.2 Å². The normalized spacial score (nSPS) is 10.8. The van der Waals surface area contributed by atoms with Crippen molar-refractivity contribution in [3.05, 3.63) is 108 Å². The molecule has 0 saturated carbocycles. The molecular formula is C29H31N3O2. The summed E-state index contributed by atoms with van der Waals surface area (Å²) in [7, 11) is 0. The van der Waals surface area contributed by atoms with E-state index < -0.39 is 0 Å². The van der Waals surface area contributed by atoms with Gasteiger partial charge in [-0.3, -0.25) is 4.79 Å². The number of rotatable bonds is 12. The van der Waals surface area contributed by atoms with E-state index >= 15 is 0 Å². The fourth-order valence-electron chi connectivity index (χ4n) is 4.10. The van der Waals surface area contributed by atoms with Gasteiger partial charge in [-0.25, -0.2) is 4.98 Å². The van der Waals surface area contributed by atoms with E-state index in [-0.39, 0.29) is 5.91 Å². The van der Waals surface area contributed by atoms with Gasteiger partial charge in [0.25, 0.3) is 0 Å². The van der Waals surface area contributed by atoms with Gasteiger partial charge < -0.3 is 14.6 Å². The van der Waals surface area contributed by atoms with E-state index in [1.54, 1.807) is 0 Å². The molecule has 0 aliphatic rings. The number of amides is 1. The van der Waals surface area contributed by atoms with Crippen molar-refractivity contribution in [3.8, 4) is 5.75 Å². The van der Waals surface area contributed by atoms with E-state index in [2.05, 4.69) is 28.6 Å². The highest BCUT2D eigenvalue weighted by Crippen LogP contribution is 2.20. The van der Waals surface area contributed by atoms with Crippen LogP contribution in [0.3, 0.4) is 0 Å². The number of carbonyl (C=O) groups is 1. The third-order valence-corrected chi connectivity index (χ3v) is 5.75. The van der Waals surface area contributed by atoms with Gasteiger partial charge in [0, 0.05) is 13.0 Å². The minimum absolute atomic E-state index is 0.0475. The lowest BCUT2D eigenvalue weighted by Crippen LogP contribution is -2.26. The second kappa shape index (κ2) is 11.8. The average Bonchev–Trinajstić information content (AvgIpc) is 3.21. The highest BCUT2D eigenvalue weighted by atomic mass is 16.5. The first-order chi connectivity index (χ1) is 16.7. The van der Waals surface area contributed by atoms with Crippen LogP contribution in [-0.2, 0) is 30.6 Å². The molecule has 4 aromatic rings. The predicted octanol–water partition coefficient (Wildman–Crippen LogP) is 5.14.